The van der Waals surface area contributed by atoms with E-state index in [4.69, 9.17) is 14.8 Å². The van der Waals surface area contributed by atoms with E-state index in [1.807, 2.05) is 64.5 Å². The zero-order chi connectivity index (χ0) is 28.8. The lowest BCUT2D eigenvalue weighted by atomic mass is 9.84. The molecule has 1 saturated heterocycles. The second kappa shape index (κ2) is 16.2. The number of nitriles is 1. The minimum absolute atomic E-state index is 0.155. The highest BCUT2D eigenvalue weighted by Crippen LogP contribution is 2.34. The number of carbonyl (C=O) groups excluding carboxylic acids is 3. The predicted molar refractivity (Wildman–Crippen MR) is 149 cm³/mol. The van der Waals surface area contributed by atoms with Crippen molar-refractivity contribution in [3.63, 3.8) is 0 Å². The molecule has 9 nitrogen and oxygen atoms in total. The monoisotopic (exact) mass is 579 g/mol. The molecule has 2 unspecified atom stereocenters. The van der Waals surface area contributed by atoms with Crippen LogP contribution >= 0.6 is 15.9 Å². The molecule has 10 heteroatoms. The van der Waals surface area contributed by atoms with Crippen molar-refractivity contribution >= 4 is 40.6 Å². The molecule has 0 radical (unpaired) electrons. The van der Waals surface area contributed by atoms with Crippen molar-refractivity contribution < 1.29 is 19.1 Å². The molecule has 2 aromatic rings. The molecule has 206 valence electrons. The Morgan fingerprint density at radius 3 is 2.51 bits per heavy atom. The van der Waals surface area contributed by atoms with Crippen molar-refractivity contribution in [2.75, 3.05) is 19.7 Å². The van der Waals surface area contributed by atoms with Crippen LogP contribution in [0.2, 0.25) is 0 Å². The van der Waals surface area contributed by atoms with Crippen molar-refractivity contribution in [1.29, 1.82) is 5.26 Å². The number of fused-ring (bicyclic) bond motifs is 1. The van der Waals surface area contributed by atoms with Crippen molar-refractivity contribution in [2.24, 2.45) is 11.3 Å². The van der Waals surface area contributed by atoms with Gasteiger partial charge in [0, 0.05) is 29.3 Å². The van der Waals surface area contributed by atoms with Crippen LogP contribution in [0.3, 0.4) is 0 Å². The maximum Gasteiger partial charge on any atom is 0.224 e. The van der Waals surface area contributed by atoms with Gasteiger partial charge in [0.2, 0.25) is 12.3 Å². The Morgan fingerprint density at radius 1 is 1.41 bits per heavy atom. The molecule has 3 heterocycles. The molecular weight excluding hydrogens is 538 g/mol. The number of likely N-dealkylation sites (tertiary alicyclic amines) is 1. The number of hydrogen-bond acceptors (Lipinski definition) is 6. The van der Waals surface area contributed by atoms with Crippen LogP contribution in [0.5, 0.6) is 0 Å². The summed E-state index contributed by atoms with van der Waals surface area (Å²) in [6, 6.07) is 5.01. The molecule has 2 aromatic heterocycles. The maximum absolute atomic E-state index is 12.0. The van der Waals surface area contributed by atoms with E-state index in [-0.39, 0.29) is 16.9 Å². The lowest BCUT2D eigenvalue weighted by molar-refractivity contribution is -0.132. The molecule has 0 aromatic carbocycles. The van der Waals surface area contributed by atoms with E-state index < -0.39 is 6.04 Å². The lowest BCUT2D eigenvalue weighted by Crippen LogP contribution is -2.32. The van der Waals surface area contributed by atoms with Crippen LogP contribution in [-0.2, 0) is 19.1 Å². The van der Waals surface area contributed by atoms with Gasteiger partial charge in [0.15, 0.2) is 0 Å². The van der Waals surface area contributed by atoms with Gasteiger partial charge >= 0.3 is 0 Å². The van der Waals surface area contributed by atoms with Crippen molar-refractivity contribution in [3.8, 4) is 6.07 Å². The van der Waals surface area contributed by atoms with Crippen molar-refractivity contribution in [1.82, 2.24) is 19.8 Å². The number of carbonyl (C=O) groups is 3. The van der Waals surface area contributed by atoms with Gasteiger partial charge in [-0.05, 0) is 60.2 Å². The number of ether oxygens (including phenoxy) is 1. The molecular formula is C27H42BrN5O4. The van der Waals surface area contributed by atoms with Crippen LogP contribution in [0.25, 0.3) is 5.52 Å². The van der Waals surface area contributed by atoms with Gasteiger partial charge in [-0.2, -0.15) is 10.4 Å². The molecule has 37 heavy (non-hydrogen) atoms. The van der Waals surface area contributed by atoms with Crippen molar-refractivity contribution in [2.45, 2.75) is 73.5 Å². The fraction of sp³-hybridized carbons (Fsp3) is 0.593. The van der Waals surface area contributed by atoms with E-state index in [0.29, 0.717) is 30.9 Å². The normalized spacial score (nSPS) is 16.5. The first-order chi connectivity index (χ1) is 17.4. The number of hydrogen-bond donors (Lipinski definition) is 1. The van der Waals surface area contributed by atoms with E-state index in [1.165, 1.54) is 0 Å². The Balaban J connectivity index is 0.000000618. The average Bonchev–Trinajstić information content (AvgIpc) is 3.41. The third-order valence-corrected chi connectivity index (χ3v) is 6.46. The van der Waals surface area contributed by atoms with Crippen LogP contribution in [0, 0.1) is 22.7 Å². The minimum atomic E-state index is -0.686. The fourth-order valence-corrected chi connectivity index (χ4v) is 4.15. The molecule has 2 atom stereocenters. The first kappa shape index (κ1) is 34.2. The second-order valence-electron chi connectivity index (χ2n) is 9.97. The number of nitrogens with one attached hydrogen (secondary N) is 1. The molecule has 0 spiro atoms. The highest BCUT2D eigenvalue weighted by molar-refractivity contribution is 9.10. The summed E-state index contributed by atoms with van der Waals surface area (Å²) in [5.74, 6) is 0.807. The Bertz CT molecular complexity index is 1030. The van der Waals surface area contributed by atoms with Gasteiger partial charge in [-0.25, -0.2) is 4.52 Å². The molecule has 0 bridgehead atoms. The molecule has 1 aliphatic heterocycles. The predicted octanol–water partition coefficient (Wildman–Crippen LogP) is 4.94. The first-order valence-corrected chi connectivity index (χ1v) is 13.1. The van der Waals surface area contributed by atoms with E-state index >= 15 is 0 Å². The number of nitrogens with zero attached hydrogens (tertiary/aromatic N) is 4. The molecule has 3 rings (SSSR count). The van der Waals surface area contributed by atoms with E-state index in [9.17, 15) is 9.59 Å². The van der Waals surface area contributed by atoms with Crippen molar-refractivity contribution in [3.05, 3.63) is 34.6 Å². The van der Waals surface area contributed by atoms with Gasteiger partial charge in [-0.1, -0.05) is 34.6 Å². The third-order valence-electron chi connectivity index (χ3n) is 5.83. The summed E-state index contributed by atoms with van der Waals surface area (Å²) in [5, 5.41) is 15.5. The van der Waals surface area contributed by atoms with Gasteiger partial charge in [-0.3, -0.25) is 9.59 Å². The Labute approximate surface area is 229 Å². The van der Waals surface area contributed by atoms with E-state index in [0.717, 1.165) is 23.1 Å². The molecule has 0 saturated carbocycles. The van der Waals surface area contributed by atoms with Gasteiger partial charge in [-0.15, -0.1) is 0 Å². The average molecular weight is 581 g/mol. The number of amides is 2. The number of aromatic nitrogens is 2. The largest absolute Gasteiger partial charge is 0.375 e. The Kier molecular flexibility index (Phi) is 14.9. The summed E-state index contributed by atoms with van der Waals surface area (Å²) in [7, 11) is 0. The van der Waals surface area contributed by atoms with Crippen LogP contribution in [0.15, 0.2) is 29.0 Å². The molecule has 1 fully saturated rings. The zero-order valence-corrected chi connectivity index (χ0v) is 25.0. The van der Waals surface area contributed by atoms with Crippen LogP contribution < -0.4 is 5.32 Å². The maximum atomic E-state index is 12.0. The highest BCUT2D eigenvalue weighted by Gasteiger charge is 2.38. The lowest BCUT2D eigenvalue weighted by Gasteiger charge is -2.23. The summed E-state index contributed by atoms with van der Waals surface area (Å²) >= 11 is 3.39. The van der Waals surface area contributed by atoms with Crippen LogP contribution in [-0.4, -0.2) is 58.9 Å². The quantitative estimate of drug-likeness (QED) is 0.484. The minimum Gasteiger partial charge on any atom is -0.375 e. The van der Waals surface area contributed by atoms with Gasteiger partial charge in [0.25, 0.3) is 0 Å². The summed E-state index contributed by atoms with van der Waals surface area (Å²) in [5.41, 5.74) is 1.55. The smallest absolute Gasteiger partial charge is 0.224 e. The van der Waals surface area contributed by atoms with Gasteiger partial charge < -0.3 is 19.7 Å². The standard InChI is InChI=1S/C14H27NO2.C10H7BrN4O.C2H6.CH2O/c1-11-9-15(10-14(11,5)6)12(16)7-8-17-13(2,3)4;11-8-2-1-3-15-10(8)7(5-14-15)9(4-12)13-6-16;2*1-2/h11H,7-10H2,1-6H3;1-3,5-6,9H,(H,13,16);1-2H3;1H2. The summed E-state index contributed by atoms with van der Waals surface area (Å²) in [6.07, 6.45) is 4.36. The first-order valence-electron chi connectivity index (χ1n) is 12.3. The number of halogens is 1. The Morgan fingerprint density at radius 2 is 2.03 bits per heavy atom. The summed E-state index contributed by atoms with van der Waals surface area (Å²) in [4.78, 5) is 32.4. The molecule has 0 aliphatic carbocycles. The van der Waals surface area contributed by atoms with Gasteiger partial charge in [0.05, 0.1) is 36.4 Å². The zero-order valence-electron chi connectivity index (χ0n) is 23.4. The third kappa shape index (κ3) is 10.6. The fourth-order valence-electron chi connectivity index (χ4n) is 3.58. The van der Waals surface area contributed by atoms with Crippen LogP contribution in [0.4, 0.5) is 0 Å². The molecule has 2 amide bonds. The second-order valence-corrected chi connectivity index (χ2v) is 10.8. The van der Waals surface area contributed by atoms with E-state index in [1.54, 1.807) is 16.9 Å². The van der Waals surface area contributed by atoms with E-state index in [2.05, 4.69) is 47.1 Å². The summed E-state index contributed by atoms with van der Waals surface area (Å²) < 4.78 is 8.07. The van der Waals surface area contributed by atoms with Crippen LogP contribution in [0.1, 0.15) is 73.4 Å². The highest BCUT2D eigenvalue weighted by atomic mass is 79.9. The molecule has 1 N–H and O–H groups in total. The number of rotatable bonds is 6. The number of pyridine rings is 1. The summed E-state index contributed by atoms with van der Waals surface area (Å²) in [6.45, 7) is 21.0. The van der Waals surface area contributed by atoms with Gasteiger partial charge in [0.1, 0.15) is 12.8 Å². The topological polar surface area (TPSA) is 117 Å². The Hall–Kier alpha value is -2.77. The SMILES string of the molecule is C=O.CC.CC1CN(C(=O)CCOC(C)(C)C)CC1(C)C.N#CC(NC=O)c1cnn2cccc(Br)c12. The molecule has 1 aliphatic rings.